The second-order valence-electron chi connectivity index (χ2n) is 5.52. The number of fused-ring (bicyclic) bond motifs is 1. The molecule has 0 aliphatic heterocycles. The zero-order valence-corrected chi connectivity index (χ0v) is 14.5. The minimum Gasteiger partial charge on any atom is -0.493 e. The van der Waals surface area contributed by atoms with Gasteiger partial charge in [0.25, 0.3) is 5.69 Å². The van der Waals surface area contributed by atoms with E-state index >= 15 is 0 Å². The van der Waals surface area contributed by atoms with Crippen molar-refractivity contribution in [3.63, 3.8) is 0 Å². The van der Waals surface area contributed by atoms with Crippen LogP contribution in [0, 0.1) is 10.1 Å². The zero-order valence-electron chi connectivity index (χ0n) is 14.5. The van der Waals surface area contributed by atoms with Crippen LogP contribution in [0.1, 0.15) is 18.2 Å². The largest absolute Gasteiger partial charge is 0.493 e. The number of nitro groups is 1. The number of hydrogen-bond donors (Lipinski definition) is 0. The van der Waals surface area contributed by atoms with Crippen molar-refractivity contribution < 1.29 is 14.4 Å². The fourth-order valence-electron chi connectivity index (χ4n) is 2.63. The van der Waals surface area contributed by atoms with E-state index in [9.17, 15) is 10.1 Å². The Bertz CT molecular complexity index is 983. The van der Waals surface area contributed by atoms with Gasteiger partial charge < -0.3 is 9.47 Å². The molecule has 0 aliphatic carbocycles. The fourth-order valence-corrected chi connectivity index (χ4v) is 2.63. The molecule has 26 heavy (non-hydrogen) atoms. The third-order valence-electron chi connectivity index (χ3n) is 3.85. The average Bonchev–Trinajstić information content (AvgIpc) is 2.66. The first-order chi connectivity index (χ1) is 12.6. The molecule has 0 spiro atoms. The summed E-state index contributed by atoms with van der Waals surface area (Å²) < 4.78 is 10.8. The van der Waals surface area contributed by atoms with Gasteiger partial charge in [-0.25, -0.2) is 4.98 Å². The van der Waals surface area contributed by atoms with Crippen molar-refractivity contribution in [1.29, 1.82) is 0 Å². The van der Waals surface area contributed by atoms with E-state index in [1.54, 1.807) is 19.2 Å². The molecule has 0 saturated heterocycles. The van der Waals surface area contributed by atoms with Crippen LogP contribution in [-0.4, -0.2) is 23.6 Å². The molecular weight excluding hydrogens is 332 g/mol. The lowest BCUT2D eigenvalue weighted by molar-refractivity contribution is -0.383. The van der Waals surface area contributed by atoms with Crippen molar-refractivity contribution in [1.82, 2.24) is 4.98 Å². The maximum absolute atomic E-state index is 11.2. The number of methoxy groups -OCH3 is 1. The summed E-state index contributed by atoms with van der Waals surface area (Å²) in [6.07, 6.45) is 3.69. The molecule has 0 bridgehead atoms. The van der Waals surface area contributed by atoms with E-state index < -0.39 is 4.92 Å². The SMILES string of the molecule is CCOc1cc(/C=C\c2ccc3cccc([N+](=O)[O-])c3n2)ccc1OC. The van der Waals surface area contributed by atoms with Crippen LogP contribution in [0.25, 0.3) is 23.1 Å². The maximum atomic E-state index is 11.2. The first kappa shape index (κ1) is 17.4. The molecule has 3 rings (SSSR count). The van der Waals surface area contributed by atoms with Crippen LogP contribution in [0.4, 0.5) is 5.69 Å². The Morgan fingerprint density at radius 3 is 2.69 bits per heavy atom. The zero-order chi connectivity index (χ0) is 18.5. The van der Waals surface area contributed by atoms with Crippen LogP contribution < -0.4 is 9.47 Å². The molecule has 0 atom stereocenters. The summed E-state index contributed by atoms with van der Waals surface area (Å²) in [6, 6.07) is 14.2. The summed E-state index contributed by atoms with van der Waals surface area (Å²) in [6.45, 7) is 2.45. The molecule has 0 fully saturated rings. The topological polar surface area (TPSA) is 74.5 Å². The quantitative estimate of drug-likeness (QED) is 0.475. The number of nitrogens with zero attached hydrogens (tertiary/aromatic N) is 2. The Hall–Kier alpha value is -3.41. The molecule has 6 heteroatoms. The van der Waals surface area contributed by atoms with Crippen molar-refractivity contribution in [3.05, 3.63) is 69.9 Å². The van der Waals surface area contributed by atoms with Crippen LogP contribution in [0.2, 0.25) is 0 Å². The highest BCUT2D eigenvalue weighted by Gasteiger charge is 2.12. The Kier molecular flexibility index (Phi) is 5.12. The van der Waals surface area contributed by atoms with Crippen LogP contribution >= 0.6 is 0 Å². The molecule has 0 radical (unpaired) electrons. The molecule has 0 N–H and O–H groups in total. The van der Waals surface area contributed by atoms with Crippen LogP contribution in [0.3, 0.4) is 0 Å². The Morgan fingerprint density at radius 1 is 1.12 bits per heavy atom. The third kappa shape index (κ3) is 3.64. The second kappa shape index (κ2) is 7.65. The minimum atomic E-state index is -0.416. The van der Waals surface area contributed by atoms with Gasteiger partial charge in [-0.15, -0.1) is 0 Å². The van der Waals surface area contributed by atoms with Gasteiger partial charge in [-0.2, -0.15) is 0 Å². The van der Waals surface area contributed by atoms with Crippen molar-refractivity contribution in [2.75, 3.05) is 13.7 Å². The number of non-ortho nitro benzene ring substituents is 1. The average molecular weight is 350 g/mol. The molecule has 132 valence electrons. The molecule has 1 heterocycles. The number of hydrogen-bond acceptors (Lipinski definition) is 5. The number of rotatable bonds is 6. The van der Waals surface area contributed by atoms with Crippen molar-refractivity contribution >= 4 is 28.7 Å². The molecule has 3 aromatic rings. The minimum absolute atomic E-state index is 0.000768. The number of nitro benzene ring substituents is 1. The summed E-state index contributed by atoms with van der Waals surface area (Å²) in [5.74, 6) is 1.34. The summed E-state index contributed by atoms with van der Waals surface area (Å²) in [5.41, 5.74) is 1.93. The van der Waals surface area contributed by atoms with Gasteiger partial charge in [0.05, 0.1) is 24.3 Å². The molecular formula is C20H18N2O4. The summed E-state index contributed by atoms with van der Waals surface area (Å²) in [4.78, 5) is 15.2. The molecule has 1 aromatic heterocycles. The van der Waals surface area contributed by atoms with Gasteiger partial charge in [-0.1, -0.05) is 30.3 Å². The molecule has 0 unspecified atom stereocenters. The van der Waals surface area contributed by atoms with Gasteiger partial charge in [0, 0.05) is 11.5 Å². The van der Waals surface area contributed by atoms with Gasteiger partial charge >= 0.3 is 0 Å². The molecule has 6 nitrogen and oxygen atoms in total. The van der Waals surface area contributed by atoms with E-state index in [0.717, 1.165) is 10.9 Å². The lowest BCUT2D eigenvalue weighted by Gasteiger charge is -2.09. The first-order valence-electron chi connectivity index (χ1n) is 8.15. The van der Waals surface area contributed by atoms with Crippen LogP contribution in [0.5, 0.6) is 11.5 Å². The van der Waals surface area contributed by atoms with Crippen molar-refractivity contribution in [2.24, 2.45) is 0 Å². The van der Waals surface area contributed by atoms with E-state index in [1.807, 2.05) is 49.4 Å². The normalized spacial score (nSPS) is 11.0. The Labute approximate surface area is 150 Å². The second-order valence-corrected chi connectivity index (χ2v) is 5.52. The fraction of sp³-hybridized carbons (Fsp3) is 0.150. The third-order valence-corrected chi connectivity index (χ3v) is 3.85. The smallest absolute Gasteiger partial charge is 0.295 e. The number of aromatic nitrogens is 1. The van der Waals surface area contributed by atoms with Gasteiger partial charge in [0.1, 0.15) is 5.52 Å². The highest BCUT2D eigenvalue weighted by Crippen LogP contribution is 2.29. The maximum Gasteiger partial charge on any atom is 0.295 e. The molecule has 2 aromatic carbocycles. The van der Waals surface area contributed by atoms with E-state index in [2.05, 4.69) is 4.98 Å². The van der Waals surface area contributed by atoms with Gasteiger partial charge in [0.15, 0.2) is 11.5 Å². The van der Waals surface area contributed by atoms with Crippen LogP contribution in [0.15, 0.2) is 48.5 Å². The number of pyridine rings is 1. The van der Waals surface area contributed by atoms with E-state index in [1.165, 1.54) is 6.07 Å². The van der Waals surface area contributed by atoms with Crippen LogP contribution in [-0.2, 0) is 0 Å². The Morgan fingerprint density at radius 2 is 1.96 bits per heavy atom. The standard InChI is InChI=1S/C20H18N2O4/c1-3-26-19-13-14(8-12-18(19)25-2)7-10-16-11-9-15-5-4-6-17(22(23)24)20(15)21-16/h4-13H,3H2,1-2H3/b10-7-. The highest BCUT2D eigenvalue weighted by molar-refractivity contribution is 5.88. The lowest BCUT2D eigenvalue weighted by Crippen LogP contribution is -1.95. The molecule has 0 saturated carbocycles. The summed E-state index contributed by atoms with van der Waals surface area (Å²) >= 11 is 0. The molecule has 0 amide bonds. The lowest BCUT2D eigenvalue weighted by atomic mass is 10.1. The molecule has 0 aliphatic rings. The summed E-state index contributed by atoms with van der Waals surface area (Å²) in [5, 5.41) is 11.9. The van der Waals surface area contributed by atoms with Crippen molar-refractivity contribution in [2.45, 2.75) is 6.92 Å². The monoisotopic (exact) mass is 350 g/mol. The first-order valence-corrected chi connectivity index (χ1v) is 8.15. The predicted octanol–water partition coefficient (Wildman–Crippen LogP) is 4.72. The number of ether oxygens (including phenoxy) is 2. The van der Waals surface area contributed by atoms with E-state index in [0.29, 0.717) is 29.3 Å². The summed E-state index contributed by atoms with van der Waals surface area (Å²) in [7, 11) is 1.60. The number of para-hydroxylation sites is 1. The number of benzene rings is 2. The van der Waals surface area contributed by atoms with Gasteiger partial charge in [-0.05, 0) is 36.8 Å². The van der Waals surface area contributed by atoms with Gasteiger partial charge in [-0.3, -0.25) is 10.1 Å². The highest BCUT2D eigenvalue weighted by atomic mass is 16.6. The van der Waals surface area contributed by atoms with Crippen molar-refractivity contribution in [3.8, 4) is 11.5 Å². The van der Waals surface area contributed by atoms with E-state index in [-0.39, 0.29) is 5.69 Å². The van der Waals surface area contributed by atoms with Gasteiger partial charge in [0.2, 0.25) is 0 Å². The predicted molar refractivity (Wildman–Crippen MR) is 101 cm³/mol. The Balaban J connectivity index is 1.94. The van der Waals surface area contributed by atoms with E-state index in [4.69, 9.17) is 9.47 Å².